The molecule has 1 aromatic carbocycles. The number of rotatable bonds is 3. The van der Waals surface area contributed by atoms with Crippen LogP contribution in [0.1, 0.15) is 12.0 Å². The van der Waals surface area contributed by atoms with Gasteiger partial charge in [0, 0.05) is 16.8 Å². The molecule has 0 atom stereocenters. The Kier molecular flexibility index (Phi) is 5.62. The van der Waals surface area contributed by atoms with Gasteiger partial charge in [-0.1, -0.05) is 0 Å². The van der Waals surface area contributed by atoms with Crippen molar-refractivity contribution in [1.29, 1.82) is 5.26 Å². The summed E-state index contributed by atoms with van der Waals surface area (Å²) in [6.45, 7) is 0. The molecule has 2 N–H and O–H groups in total. The lowest BCUT2D eigenvalue weighted by Crippen LogP contribution is -2.34. The van der Waals surface area contributed by atoms with Gasteiger partial charge in [0.2, 0.25) is 5.91 Å². The standard InChI is InChI=1S/C11H9BrClN3O2/c12-8-5-7(6-14)1-2-9(8)15-11(18)16-10(17)3-4-13/h1-2,5H,3-4H2,(H2,15,16,17,18). The minimum atomic E-state index is -0.643. The van der Waals surface area contributed by atoms with Gasteiger partial charge in [-0.2, -0.15) is 5.26 Å². The predicted molar refractivity (Wildman–Crippen MR) is 71.4 cm³/mol. The number of nitriles is 1. The van der Waals surface area contributed by atoms with Crippen LogP contribution < -0.4 is 10.6 Å². The average molecular weight is 331 g/mol. The number of carbonyl (C=O) groups excluding carboxylic acids is 2. The van der Waals surface area contributed by atoms with E-state index in [0.29, 0.717) is 15.7 Å². The molecule has 0 unspecified atom stereocenters. The van der Waals surface area contributed by atoms with Crippen LogP contribution in [0.3, 0.4) is 0 Å². The Balaban J connectivity index is 2.65. The molecule has 5 nitrogen and oxygen atoms in total. The van der Waals surface area contributed by atoms with E-state index in [-0.39, 0.29) is 12.3 Å². The number of imide groups is 1. The number of anilines is 1. The molecule has 18 heavy (non-hydrogen) atoms. The van der Waals surface area contributed by atoms with Crippen molar-refractivity contribution in [2.24, 2.45) is 0 Å². The van der Waals surface area contributed by atoms with E-state index in [1.165, 1.54) is 0 Å². The molecule has 0 spiro atoms. The summed E-state index contributed by atoms with van der Waals surface area (Å²) in [5.74, 6) is -0.299. The fourth-order valence-corrected chi connectivity index (χ4v) is 1.76. The summed E-state index contributed by atoms with van der Waals surface area (Å²) in [5, 5.41) is 13.3. The first-order valence-corrected chi connectivity index (χ1v) is 6.26. The Morgan fingerprint density at radius 3 is 2.72 bits per heavy atom. The fourth-order valence-electron chi connectivity index (χ4n) is 1.11. The van der Waals surface area contributed by atoms with Crippen LogP contribution in [0.5, 0.6) is 0 Å². The number of urea groups is 1. The van der Waals surface area contributed by atoms with E-state index in [1.807, 2.05) is 6.07 Å². The van der Waals surface area contributed by atoms with Gasteiger partial charge in [0.1, 0.15) is 0 Å². The Morgan fingerprint density at radius 2 is 2.17 bits per heavy atom. The lowest BCUT2D eigenvalue weighted by molar-refractivity contribution is -0.119. The third-order valence-corrected chi connectivity index (χ3v) is 2.77. The fraction of sp³-hybridized carbons (Fsp3) is 0.182. The number of hydrogen-bond acceptors (Lipinski definition) is 3. The van der Waals surface area contributed by atoms with Crippen LogP contribution in [0.4, 0.5) is 10.5 Å². The molecule has 1 aromatic rings. The molecule has 94 valence electrons. The van der Waals surface area contributed by atoms with Gasteiger partial charge >= 0.3 is 6.03 Å². The van der Waals surface area contributed by atoms with Gasteiger partial charge in [-0.15, -0.1) is 11.6 Å². The number of nitrogens with zero attached hydrogens (tertiary/aromatic N) is 1. The molecule has 0 aliphatic heterocycles. The summed E-state index contributed by atoms with van der Waals surface area (Å²) in [6.07, 6.45) is 0.0729. The zero-order chi connectivity index (χ0) is 13.5. The largest absolute Gasteiger partial charge is 0.325 e. The topological polar surface area (TPSA) is 82.0 Å². The Labute approximate surface area is 117 Å². The van der Waals surface area contributed by atoms with Crippen LogP contribution in [-0.2, 0) is 4.79 Å². The number of amides is 3. The second-order valence-corrected chi connectivity index (χ2v) is 4.48. The summed E-state index contributed by atoms with van der Waals surface area (Å²) >= 11 is 8.58. The van der Waals surface area contributed by atoms with Crippen LogP contribution >= 0.6 is 27.5 Å². The van der Waals surface area contributed by atoms with Crippen molar-refractivity contribution >= 4 is 45.2 Å². The highest BCUT2D eigenvalue weighted by Crippen LogP contribution is 2.23. The Morgan fingerprint density at radius 1 is 1.44 bits per heavy atom. The number of halogens is 2. The summed E-state index contributed by atoms with van der Waals surface area (Å²) in [4.78, 5) is 22.6. The number of alkyl halides is 1. The quantitative estimate of drug-likeness (QED) is 0.836. The molecule has 7 heteroatoms. The number of benzene rings is 1. The van der Waals surface area contributed by atoms with E-state index >= 15 is 0 Å². The van der Waals surface area contributed by atoms with Gasteiger partial charge in [-0.25, -0.2) is 4.79 Å². The van der Waals surface area contributed by atoms with Gasteiger partial charge in [-0.3, -0.25) is 10.1 Å². The normalized spacial score (nSPS) is 9.39. The third kappa shape index (κ3) is 4.35. The zero-order valence-electron chi connectivity index (χ0n) is 9.17. The van der Waals surface area contributed by atoms with Crippen molar-refractivity contribution in [3.8, 4) is 6.07 Å². The molecule has 1 rings (SSSR count). The van der Waals surface area contributed by atoms with Crippen molar-refractivity contribution in [3.05, 3.63) is 28.2 Å². The molecule has 0 aliphatic carbocycles. The molecule has 0 fully saturated rings. The van der Waals surface area contributed by atoms with E-state index in [2.05, 4.69) is 26.6 Å². The van der Waals surface area contributed by atoms with Gasteiger partial charge in [-0.05, 0) is 34.1 Å². The predicted octanol–water partition coefficient (Wildman–Crippen LogP) is 2.60. The van der Waals surface area contributed by atoms with Gasteiger partial charge in [0.05, 0.1) is 17.3 Å². The van der Waals surface area contributed by atoms with E-state index in [1.54, 1.807) is 18.2 Å². The lowest BCUT2D eigenvalue weighted by Gasteiger charge is -2.08. The van der Waals surface area contributed by atoms with E-state index in [0.717, 1.165) is 0 Å². The minimum absolute atomic E-state index is 0.0729. The monoisotopic (exact) mass is 329 g/mol. The smallest absolute Gasteiger partial charge is 0.307 e. The van der Waals surface area contributed by atoms with Gasteiger partial charge in [0.25, 0.3) is 0 Å². The Bertz CT molecular complexity index is 514. The highest BCUT2D eigenvalue weighted by atomic mass is 79.9. The van der Waals surface area contributed by atoms with Crippen LogP contribution in [-0.4, -0.2) is 17.8 Å². The molecule has 0 saturated carbocycles. The maximum Gasteiger partial charge on any atom is 0.325 e. The average Bonchev–Trinajstić information content (AvgIpc) is 2.31. The van der Waals surface area contributed by atoms with Crippen LogP contribution in [0.25, 0.3) is 0 Å². The molecular weight excluding hydrogens is 321 g/mol. The van der Waals surface area contributed by atoms with Crippen molar-refractivity contribution < 1.29 is 9.59 Å². The molecule has 0 heterocycles. The second kappa shape index (κ2) is 6.99. The minimum Gasteiger partial charge on any atom is -0.307 e. The number of hydrogen-bond donors (Lipinski definition) is 2. The molecule has 0 radical (unpaired) electrons. The molecule has 0 aliphatic rings. The van der Waals surface area contributed by atoms with Gasteiger partial charge < -0.3 is 5.32 Å². The Hall–Kier alpha value is -1.58. The van der Waals surface area contributed by atoms with E-state index in [9.17, 15) is 9.59 Å². The first-order valence-electron chi connectivity index (χ1n) is 4.93. The highest BCUT2D eigenvalue weighted by molar-refractivity contribution is 9.10. The number of nitrogens with one attached hydrogen (secondary N) is 2. The third-order valence-electron chi connectivity index (χ3n) is 1.92. The van der Waals surface area contributed by atoms with E-state index in [4.69, 9.17) is 16.9 Å². The van der Waals surface area contributed by atoms with E-state index < -0.39 is 11.9 Å². The first-order chi connectivity index (χ1) is 8.56. The maximum absolute atomic E-state index is 11.4. The van der Waals surface area contributed by atoms with Gasteiger partial charge in [0.15, 0.2) is 0 Å². The molecule has 0 bridgehead atoms. The highest BCUT2D eigenvalue weighted by Gasteiger charge is 2.09. The summed E-state index contributed by atoms with van der Waals surface area (Å²) in [7, 11) is 0. The van der Waals surface area contributed by atoms with Crippen LogP contribution in [0.2, 0.25) is 0 Å². The van der Waals surface area contributed by atoms with Crippen LogP contribution in [0.15, 0.2) is 22.7 Å². The van der Waals surface area contributed by atoms with Crippen molar-refractivity contribution in [2.75, 3.05) is 11.2 Å². The van der Waals surface area contributed by atoms with Crippen LogP contribution in [0, 0.1) is 11.3 Å². The molecule has 3 amide bonds. The SMILES string of the molecule is N#Cc1ccc(NC(=O)NC(=O)CCCl)c(Br)c1. The molecule has 0 saturated heterocycles. The number of carbonyl (C=O) groups is 2. The summed E-state index contributed by atoms with van der Waals surface area (Å²) in [6, 6.07) is 6.01. The first kappa shape index (κ1) is 14.5. The molecular formula is C11H9BrClN3O2. The zero-order valence-corrected chi connectivity index (χ0v) is 11.5. The summed E-state index contributed by atoms with van der Waals surface area (Å²) < 4.78 is 0.557. The van der Waals surface area contributed by atoms with Crippen molar-refractivity contribution in [2.45, 2.75) is 6.42 Å². The molecule has 0 aromatic heterocycles. The summed E-state index contributed by atoms with van der Waals surface area (Å²) in [5.41, 5.74) is 0.927. The second-order valence-electron chi connectivity index (χ2n) is 3.25. The lowest BCUT2D eigenvalue weighted by atomic mass is 10.2. The maximum atomic E-state index is 11.4. The van der Waals surface area contributed by atoms with Crippen molar-refractivity contribution in [3.63, 3.8) is 0 Å². The van der Waals surface area contributed by atoms with Crippen molar-refractivity contribution in [1.82, 2.24) is 5.32 Å².